The number of likely N-dealkylation sites (tertiary alicyclic amines) is 1. The van der Waals surface area contributed by atoms with Gasteiger partial charge in [-0.05, 0) is 64.4 Å². The number of nitrogens with one attached hydrogen (secondary N) is 1. The molecule has 126 valence electrons. The minimum atomic E-state index is -0.0394. The number of hydrogen-bond donors (Lipinski definition) is 1. The maximum atomic E-state index is 13.2. The highest BCUT2D eigenvalue weighted by Crippen LogP contribution is 2.37. The van der Waals surface area contributed by atoms with Crippen molar-refractivity contribution in [1.29, 1.82) is 0 Å². The highest BCUT2D eigenvalue weighted by atomic mass is 16.2. The predicted molar refractivity (Wildman–Crippen MR) is 94.1 cm³/mol. The van der Waals surface area contributed by atoms with Gasteiger partial charge in [0.25, 0.3) is 0 Å². The lowest BCUT2D eigenvalue weighted by atomic mass is 10.0. The largest absolute Gasteiger partial charge is 0.334 e. The van der Waals surface area contributed by atoms with Crippen molar-refractivity contribution < 1.29 is 4.79 Å². The Balaban J connectivity index is 1.84. The summed E-state index contributed by atoms with van der Waals surface area (Å²) in [5.41, 5.74) is 1.26. The van der Waals surface area contributed by atoms with Gasteiger partial charge in [-0.3, -0.25) is 4.79 Å². The Morgan fingerprint density at radius 2 is 1.78 bits per heavy atom. The minimum absolute atomic E-state index is 0.0296. The van der Waals surface area contributed by atoms with Gasteiger partial charge >= 0.3 is 0 Å². The van der Waals surface area contributed by atoms with Gasteiger partial charge in [0.1, 0.15) is 0 Å². The molecule has 1 saturated heterocycles. The topological polar surface area (TPSA) is 32.3 Å². The second kappa shape index (κ2) is 6.64. The molecule has 3 rings (SSSR count). The van der Waals surface area contributed by atoms with Gasteiger partial charge in [-0.1, -0.05) is 30.3 Å². The third-order valence-electron chi connectivity index (χ3n) is 4.87. The molecule has 1 aliphatic carbocycles. The summed E-state index contributed by atoms with van der Waals surface area (Å²) < 4.78 is 0. The summed E-state index contributed by atoms with van der Waals surface area (Å²) in [7, 11) is 0. The van der Waals surface area contributed by atoms with Crippen LogP contribution in [-0.2, 0) is 4.79 Å². The third-order valence-corrected chi connectivity index (χ3v) is 4.87. The Hall–Kier alpha value is -1.35. The molecular formula is C20H30N2O. The van der Waals surface area contributed by atoms with Crippen molar-refractivity contribution in [3.8, 4) is 0 Å². The van der Waals surface area contributed by atoms with Crippen LogP contribution in [0.25, 0.3) is 0 Å². The molecular weight excluding hydrogens is 284 g/mol. The lowest BCUT2D eigenvalue weighted by Gasteiger charge is -2.34. The van der Waals surface area contributed by atoms with E-state index >= 15 is 0 Å². The number of benzene rings is 1. The van der Waals surface area contributed by atoms with Crippen molar-refractivity contribution in [2.45, 2.75) is 70.5 Å². The summed E-state index contributed by atoms with van der Waals surface area (Å²) in [5.74, 6) is 1.02. The number of carbonyl (C=O) groups is 1. The Morgan fingerprint density at radius 3 is 2.39 bits per heavy atom. The van der Waals surface area contributed by atoms with Gasteiger partial charge in [-0.2, -0.15) is 0 Å². The minimum Gasteiger partial charge on any atom is -0.334 e. The van der Waals surface area contributed by atoms with E-state index in [0.29, 0.717) is 5.91 Å². The number of rotatable bonds is 4. The van der Waals surface area contributed by atoms with Crippen LogP contribution in [-0.4, -0.2) is 28.9 Å². The van der Waals surface area contributed by atoms with Crippen LogP contribution < -0.4 is 5.32 Å². The van der Waals surface area contributed by atoms with Crippen molar-refractivity contribution in [2.24, 2.45) is 5.92 Å². The number of hydrogen-bond acceptors (Lipinski definition) is 2. The molecule has 0 bridgehead atoms. The van der Waals surface area contributed by atoms with Gasteiger partial charge < -0.3 is 10.2 Å². The lowest BCUT2D eigenvalue weighted by Crippen LogP contribution is -2.52. The van der Waals surface area contributed by atoms with E-state index in [9.17, 15) is 4.79 Å². The van der Waals surface area contributed by atoms with E-state index in [2.05, 4.69) is 61.3 Å². The molecule has 2 aliphatic rings. The SMILES string of the molecule is CC(C)(C)N[C@H]1CCC[C@@H](c2ccccc2)N(CC2CC2)C1=O. The van der Waals surface area contributed by atoms with Crippen molar-refractivity contribution in [3.63, 3.8) is 0 Å². The first kappa shape index (κ1) is 16.5. The zero-order chi connectivity index (χ0) is 16.4. The maximum absolute atomic E-state index is 13.2. The lowest BCUT2D eigenvalue weighted by molar-refractivity contribution is -0.136. The van der Waals surface area contributed by atoms with Gasteiger partial charge in [0.05, 0.1) is 12.1 Å². The molecule has 1 aliphatic heterocycles. The molecule has 3 nitrogen and oxygen atoms in total. The fourth-order valence-corrected chi connectivity index (χ4v) is 3.62. The van der Waals surface area contributed by atoms with E-state index < -0.39 is 0 Å². The van der Waals surface area contributed by atoms with Gasteiger partial charge in [-0.15, -0.1) is 0 Å². The van der Waals surface area contributed by atoms with Crippen LogP contribution in [0.4, 0.5) is 0 Å². The Bertz CT molecular complexity index is 530. The van der Waals surface area contributed by atoms with Crippen LogP contribution >= 0.6 is 0 Å². The van der Waals surface area contributed by atoms with Crippen LogP contribution in [0.5, 0.6) is 0 Å². The Morgan fingerprint density at radius 1 is 1.09 bits per heavy atom. The Kier molecular flexibility index (Phi) is 4.77. The molecule has 23 heavy (non-hydrogen) atoms. The fraction of sp³-hybridized carbons (Fsp3) is 0.650. The Labute approximate surface area is 140 Å². The highest BCUT2D eigenvalue weighted by molar-refractivity contribution is 5.82. The van der Waals surface area contributed by atoms with E-state index in [0.717, 1.165) is 31.7 Å². The van der Waals surface area contributed by atoms with E-state index in [1.54, 1.807) is 0 Å². The average Bonchev–Trinajstić information content (AvgIpc) is 3.32. The molecule has 0 radical (unpaired) electrons. The first-order valence-electron chi connectivity index (χ1n) is 9.07. The standard InChI is InChI=1S/C20H30N2O/c1-20(2,3)21-17-10-7-11-18(16-8-5-4-6-9-16)22(19(17)23)14-15-12-13-15/h4-6,8-9,15,17-18,21H,7,10-14H2,1-3H3/t17-,18-/m0/s1. The third kappa shape index (κ3) is 4.35. The predicted octanol–water partition coefficient (Wildman–Crippen LogP) is 3.91. The number of nitrogens with zero attached hydrogens (tertiary/aromatic N) is 1. The summed E-state index contributed by atoms with van der Waals surface area (Å²) in [6.07, 6.45) is 5.68. The van der Waals surface area contributed by atoms with Crippen LogP contribution in [0, 0.1) is 5.92 Å². The van der Waals surface area contributed by atoms with E-state index in [1.165, 1.54) is 18.4 Å². The summed E-state index contributed by atoms with van der Waals surface area (Å²) >= 11 is 0. The molecule has 0 unspecified atom stereocenters. The molecule has 1 amide bonds. The van der Waals surface area contributed by atoms with Gasteiger partial charge in [-0.25, -0.2) is 0 Å². The van der Waals surface area contributed by atoms with Crippen molar-refractivity contribution in [1.82, 2.24) is 10.2 Å². The van der Waals surface area contributed by atoms with Gasteiger partial charge in [0, 0.05) is 12.1 Å². The molecule has 0 spiro atoms. The molecule has 3 heteroatoms. The van der Waals surface area contributed by atoms with Crippen LogP contribution in [0.2, 0.25) is 0 Å². The summed E-state index contributed by atoms with van der Waals surface area (Å²) in [5, 5.41) is 3.55. The normalized spacial score (nSPS) is 26.2. The van der Waals surface area contributed by atoms with E-state index in [1.807, 2.05) is 0 Å². The first-order valence-corrected chi connectivity index (χ1v) is 9.07. The zero-order valence-corrected chi connectivity index (χ0v) is 14.7. The summed E-state index contributed by atoms with van der Waals surface area (Å²) in [6.45, 7) is 7.36. The molecule has 2 fully saturated rings. The monoisotopic (exact) mass is 314 g/mol. The molecule has 1 aromatic carbocycles. The second-order valence-electron chi connectivity index (χ2n) is 8.24. The van der Waals surface area contributed by atoms with Crippen molar-refractivity contribution in [3.05, 3.63) is 35.9 Å². The average molecular weight is 314 g/mol. The highest BCUT2D eigenvalue weighted by Gasteiger charge is 2.37. The van der Waals surface area contributed by atoms with Crippen LogP contribution in [0.3, 0.4) is 0 Å². The first-order chi connectivity index (χ1) is 10.9. The van der Waals surface area contributed by atoms with Gasteiger partial charge in [0.15, 0.2) is 0 Å². The van der Waals surface area contributed by atoms with E-state index in [-0.39, 0.29) is 17.6 Å². The summed E-state index contributed by atoms with van der Waals surface area (Å²) in [6, 6.07) is 10.8. The molecule has 1 N–H and O–H groups in total. The molecule has 1 saturated carbocycles. The molecule has 1 heterocycles. The van der Waals surface area contributed by atoms with Gasteiger partial charge in [0.2, 0.25) is 5.91 Å². The number of carbonyl (C=O) groups excluding carboxylic acids is 1. The smallest absolute Gasteiger partial charge is 0.240 e. The maximum Gasteiger partial charge on any atom is 0.240 e. The fourth-order valence-electron chi connectivity index (χ4n) is 3.62. The van der Waals surface area contributed by atoms with E-state index in [4.69, 9.17) is 0 Å². The molecule has 2 atom stereocenters. The van der Waals surface area contributed by atoms with Crippen LogP contribution in [0.1, 0.15) is 64.5 Å². The second-order valence-corrected chi connectivity index (χ2v) is 8.24. The van der Waals surface area contributed by atoms with Crippen molar-refractivity contribution >= 4 is 5.91 Å². The number of amides is 1. The molecule has 0 aromatic heterocycles. The summed E-state index contributed by atoms with van der Waals surface area (Å²) in [4.78, 5) is 15.4. The van der Waals surface area contributed by atoms with Crippen LogP contribution in [0.15, 0.2) is 30.3 Å². The zero-order valence-electron chi connectivity index (χ0n) is 14.7. The quantitative estimate of drug-likeness (QED) is 0.914. The van der Waals surface area contributed by atoms with Crippen molar-refractivity contribution in [2.75, 3.05) is 6.54 Å². The molecule has 1 aromatic rings.